The molecule has 0 aliphatic heterocycles. The highest BCUT2D eigenvalue weighted by atomic mass is 16.1. The highest BCUT2D eigenvalue weighted by Gasteiger charge is 2.05. The molecule has 1 aromatic heterocycles. The number of primary amides is 1. The van der Waals surface area contributed by atoms with Crippen LogP contribution in [-0.4, -0.2) is 15.9 Å². The van der Waals surface area contributed by atoms with Gasteiger partial charge in [-0.1, -0.05) is 38.3 Å². The zero-order chi connectivity index (χ0) is 15.1. The Kier molecular flexibility index (Phi) is 5.43. The number of benzene rings is 1. The van der Waals surface area contributed by atoms with Gasteiger partial charge in [0.05, 0.1) is 0 Å². The summed E-state index contributed by atoms with van der Waals surface area (Å²) in [6.07, 6.45) is 7.68. The van der Waals surface area contributed by atoms with Crippen molar-refractivity contribution >= 4 is 5.91 Å². The number of aryl methyl sites for hydroxylation is 1. The van der Waals surface area contributed by atoms with Crippen LogP contribution in [0.25, 0.3) is 11.4 Å². The van der Waals surface area contributed by atoms with Crippen molar-refractivity contribution in [3.63, 3.8) is 0 Å². The second-order valence-electron chi connectivity index (χ2n) is 5.12. The van der Waals surface area contributed by atoms with Crippen LogP contribution in [0.1, 0.15) is 48.7 Å². The molecule has 1 aromatic carbocycles. The molecule has 0 aliphatic rings. The van der Waals surface area contributed by atoms with Crippen molar-refractivity contribution in [2.75, 3.05) is 0 Å². The predicted octanol–water partition coefficient (Wildman–Crippen LogP) is 3.37. The van der Waals surface area contributed by atoms with E-state index in [9.17, 15) is 4.79 Å². The summed E-state index contributed by atoms with van der Waals surface area (Å²) in [5.41, 5.74) is 7.69. The first-order chi connectivity index (χ1) is 10.2. The zero-order valence-electron chi connectivity index (χ0n) is 12.4. The van der Waals surface area contributed by atoms with Crippen molar-refractivity contribution in [3.8, 4) is 11.4 Å². The Labute approximate surface area is 125 Å². The van der Waals surface area contributed by atoms with E-state index in [4.69, 9.17) is 5.73 Å². The SMILES string of the molecule is CCCCCCc1ccnc(-c2ccc(C(N)=O)cc2)n1. The molecule has 0 spiro atoms. The molecule has 2 aromatic rings. The molecule has 0 radical (unpaired) electrons. The van der Waals surface area contributed by atoms with Gasteiger partial charge in [0.15, 0.2) is 5.82 Å². The quantitative estimate of drug-likeness (QED) is 0.792. The average Bonchev–Trinajstić information content (AvgIpc) is 2.52. The Hall–Kier alpha value is -2.23. The summed E-state index contributed by atoms with van der Waals surface area (Å²) in [5.74, 6) is 0.270. The molecular formula is C17H21N3O. The summed E-state index contributed by atoms with van der Waals surface area (Å²) >= 11 is 0. The first-order valence-electron chi connectivity index (χ1n) is 7.43. The van der Waals surface area contributed by atoms with Gasteiger partial charge in [0.2, 0.25) is 5.91 Å². The molecule has 0 atom stereocenters. The monoisotopic (exact) mass is 283 g/mol. The molecule has 0 aliphatic carbocycles. The topological polar surface area (TPSA) is 68.9 Å². The van der Waals surface area contributed by atoms with Crippen LogP contribution < -0.4 is 5.73 Å². The maximum absolute atomic E-state index is 11.1. The molecule has 0 saturated carbocycles. The largest absolute Gasteiger partial charge is 0.366 e. The Balaban J connectivity index is 2.07. The first kappa shape index (κ1) is 15.2. The maximum Gasteiger partial charge on any atom is 0.248 e. The van der Waals surface area contributed by atoms with Crippen LogP contribution in [-0.2, 0) is 6.42 Å². The zero-order valence-corrected chi connectivity index (χ0v) is 12.4. The van der Waals surface area contributed by atoms with Crippen LogP contribution in [0.15, 0.2) is 36.5 Å². The number of hydrogen-bond donors (Lipinski definition) is 1. The fourth-order valence-electron chi connectivity index (χ4n) is 2.19. The van der Waals surface area contributed by atoms with Crippen LogP contribution in [0.2, 0.25) is 0 Å². The second-order valence-corrected chi connectivity index (χ2v) is 5.12. The van der Waals surface area contributed by atoms with Crippen LogP contribution in [0, 0.1) is 0 Å². The standard InChI is InChI=1S/C17H21N3O/c1-2-3-4-5-6-15-11-12-19-17(20-15)14-9-7-13(8-10-14)16(18)21/h7-12H,2-6H2,1H3,(H2,18,21). The van der Waals surface area contributed by atoms with Crippen molar-refractivity contribution in [2.45, 2.75) is 39.0 Å². The number of hydrogen-bond acceptors (Lipinski definition) is 3. The van der Waals surface area contributed by atoms with E-state index in [1.54, 1.807) is 18.3 Å². The molecule has 21 heavy (non-hydrogen) atoms. The van der Waals surface area contributed by atoms with Gasteiger partial charge in [-0.15, -0.1) is 0 Å². The Bertz CT molecular complexity index is 593. The van der Waals surface area contributed by atoms with Gasteiger partial charge in [-0.05, 0) is 31.0 Å². The van der Waals surface area contributed by atoms with Gasteiger partial charge < -0.3 is 5.73 Å². The number of carbonyl (C=O) groups excluding carboxylic acids is 1. The summed E-state index contributed by atoms with van der Waals surface area (Å²) in [4.78, 5) is 20.0. The molecule has 1 heterocycles. The highest BCUT2D eigenvalue weighted by molar-refractivity contribution is 5.93. The van der Waals surface area contributed by atoms with E-state index in [1.165, 1.54) is 19.3 Å². The van der Waals surface area contributed by atoms with Crippen LogP contribution >= 0.6 is 0 Å². The van der Waals surface area contributed by atoms with Gasteiger partial charge in [-0.25, -0.2) is 9.97 Å². The average molecular weight is 283 g/mol. The minimum Gasteiger partial charge on any atom is -0.366 e. The summed E-state index contributed by atoms with van der Waals surface area (Å²) in [6.45, 7) is 2.21. The first-order valence-corrected chi connectivity index (χ1v) is 7.43. The third-order valence-electron chi connectivity index (χ3n) is 3.43. The van der Waals surface area contributed by atoms with Gasteiger partial charge in [0, 0.05) is 23.0 Å². The smallest absolute Gasteiger partial charge is 0.248 e. The minimum absolute atomic E-state index is 0.424. The molecule has 0 bridgehead atoms. The summed E-state index contributed by atoms with van der Waals surface area (Å²) in [6, 6.07) is 9.03. The normalized spacial score (nSPS) is 10.5. The second kappa shape index (κ2) is 7.53. The molecule has 2 rings (SSSR count). The van der Waals surface area contributed by atoms with Crippen LogP contribution in [0.5, 0.6) is 0 Å². The molecule has 0 saturated heterocycles. The van der Waals surface area contributed by atoms with E-state index in [0.717, 1.165) is 24.1 Å². The van der Waals surface area contributed by atoms with Gasteiger partial charge in [0.25, 0.3) is 0 Å². The summed E-state index contributed by atoms with van der Waals surface area (Å²) in [7, 11) is 0. The lowest BCUT2D eigenvalue weighted by molar-refractivity contribution is 0.100. The molecule has 1 amide bonds. The van der Waals surface area contributed by atoms with Crippen LogP contribution in [0.3, 0.4) is 0 Å². The van der Waals surface area contributed by atoms with E-state index in [2.05, 4.69) is 16.9 Å². The third-order valence-corrected chi connectivity index (χ3v) is 3.43. The number of unbranched alkanes of at least 4 members (excludes halogenated alkanes) is 3. The molecular weight excluding hydrogens is 262 g/mol. The number of nitrogens with two attached hydrogens (primary N) is 1. The lowest BCUT2D eigenvalue weighted by atomic mass is 10.1. The van der Waals surface area contributed by atoms with E-state index < -0.39 is 5.91 Å². The number of amides is 1. The van der Waals surface area contributed by atoms with E-state index in [1.807, 2.05) is 18.2 Å². The molecule has 0 unspecified atom stereocenters. The van der Waals surface area contributed by atoms with E-state index >= 15 is 0 Å². The Morgan fingerprint density at radius 1 is 1.10 bits per heavy atom. The summed E-state index contributed by atoms with van der Waals surface area (Å²) < 4.78 is 0. The summed E-state index contributed by atoms with van der Waals surface area (Å²) in [5, 5.41) is 0. The van der Waals surface area contributed by atoms with Gasteiger partial charge in [-0.3, -0.25) is 4.79 Å². The predicted molar refractivity (Wildman–Crippen MR) is 83.8 cm³/mol. The number of aromatic nitrogens is 2. The molecule has 4 nitrogen and oxygen atoms in total. The van der Waals surface area contributed by atoms with Crippen molar-refractivity contribution in [1.29, 1.82) is 0 Å². The highest BCUT2D eigenvalue weighted by Crippen LogP contribution is 2.16. The lowest BCUT2D eigenvalue weighted by Gasteiger charge is -2.04. The number of rotatable bonds is 7. The maximum atomic E-state index is 11.1. The van der Waals surface area contributed by atoms with Gasteiger partial charge in [-0.2, -0.15) is 0 Å². The van der Waals surface area contributed by atoms with E-state index in [0.29, 0.717) is 11.4 Å². The number of carbonyl (C=O) groups is 1. The van der Waals surface area contributed by atoms with Crippen molar-refractivity contribution < 1.29 is 4.79 Å². The molecule has 4 heteroatoms. The Morgan fingerprint density at radius 3 is 2.52 bits per heavy atom. The van der Waals surface area contributed by atoms with Crippen molar-refractivity contribution in [2.24, 2.45) is 5.73 Å². The van der Waals surface area contributed by atoms with Gasteiger partial charge in [0.1, 0.15) is 0 Å². The van der Waals surface area contributed by atoms with E-state index in [-0.39, 0.29) is 0 Å². The third kappa shape index (κ3) is 4.38. The van der Waals surface area contributed by atoms with Crippen molar-refractivity contribution in [1.82, 2.24) is 9.97 Å². The van der Waals surface area contributed by atoms with Crippen LogP contribution in [0.4, 0.5) is 0 Å². The number of nitrogens with zero attached hydrogens (tertiary/aromatic N) is 2. The minimum atomic E-state index is -0.424. The fraction of sp³-hybridized carbons (Fsp3) is 0.353. The molecule has 110 valence electrons. The molecule has 2 N–H and O–H groups in total. The lowest BCUT2D eigenvalue weighted by Crippen LogP contribution is -2.10. The fourth-order valence-corrected chi connectivity index (χ4v) is 2.19. The van der Waals surface area contributed by atoms with Crippen molar-refractivity contribution in [3.05, 3.63) is 47.8 Å². The van der Waals surface area contributed by atoms with Gasteiger partial charge >= 0.3 is 0 Å². The Morgan fingerprint density at radius 2 is 1.86 bits per heavy atom. The molecule has 0 fully saturated rings.